The Kier molecular flexibility index (Phi) is 4.77. The molecule has 2 rings (SSSR count). The molecular weight excluding hydrogens is 292 g/mol. The third kappa shape index (κ3) is 3.14. The number of benzene rings is 1. The van der Waals surface area contributed by atoms with E-state index in [9.17, 15) is 4.79 Å². The number of nitrogens with zero attached hydrogens (tertiary/aromatic N) is 1. The predicted molar refractivity (Wildman–Crippen MR) is 81.5 cm³/mol. The molecule has 0 radical (unpaired) electrons. The van der Waals surface area contributed by atoms with Gasteiger partial charge in [-0.05, 0) is 30.4 Å². The van der Waals surface area contributed by atoms with E-state index in [-0.39, 0.29) is 16.9 Å². The van der Waals surface area contributed by atoms with Crippen molar-refractivity contribution in [1.82, 2.24) is 9.55 Å². The van der Waals surface area contributed by atoms with Crippen molar-refractivity contribution in [2.24, 2.45) is 0 Å². The minimum absolute atomic E-state index is 0.0827. The van der Waals surface area contributed by atoms with Gasteiger partial charge in [0.15, 0.2) is 16.3 Å². The molecule has 1 heterocycles. The van der Waals surface area contributed by atoms with E-state index in [2.05, 4.69) is 4.98 Å². The molecule has 0 saturated carbocycles. The van der Waals surface area contributed by atoms with Crippen LogP contribution in [-0.2, 0) is 6.54 Å². The Morgan fingerprint density at radius 2 is 1.95 bits per heavy atom. The van der Waals surface area contributed by atoms with Crippen molar-refractivity contribution in [2.45, 2.75) is 6.54 Å². The van der Waals surface area contributed by atoms with Crippen molar-refractivity contribution >= 4 is 12.2 Å². The number of ether oxygens (including phenoxy) is 2. The van der Waals surface area contributed by atoms with E-state index >= 15 is 0 Å². The zero-order valence-corrected chi connectivity index (χ0v) is 12.6. The summed E-state index contributed by atoms with van der Waals surface area (Å²) >= 11 is 5.14. The molecule has 0 bridgehead atoms. The molecule has 0 atom stereocenters. The van der Waals surface area contributed by atoms with Crippen LogP contribution in [-0.4, -0.2) is 35.5 Å². The first kappa shape index (κ1) is 15.3. The quantitative estimate of drug-likeness (QED) is 0.820. The summed E-state index contributed by atoms with van der Waals surface area (Å²) in [6.07, 6.45) is 0. The highest BCUT2D eigenvalue weighted by molar-refractivity contribution is 7.71. The van der Waals surface area contributed by atoms with Crippen molar-refractivity contribution < 1.29 is 14.6 Å². The van der Waals surface area contributed by atoms with Crippen LogP contribution in [0.3, 0.4) is 0 Å². The van der Waals surface area contributed by atoms with E-state index in [1.54, 1.807) is 37.0 Å². The summed E-state index contributed by atoms with van der Waals surface area (Å²) in [6, 6.07) is 6.75. The number of aromatic amines is 1. The standard InChI is InChI=1S/C14H16N2O4S/c1-19-11-4-3-9(7-12(11)20-2)10-8-13(18)15-14(21)16(10)5-6-17/h3-4,7-8,17H,5-6H2,1-2H3,(H,15,18,21). The first-order valence-electron chi connectivity index (χ1n) is 6.28. The second-order valence-corrected chi connectivity index (χ2v) is 4.66. The molecule has 0 aliphatic heterocycles. The van der Waals surface area contributed by atoms with Gasteiger partial charge in [-0.1, -0.05) is 0 Å². The number of H-pyrrole nitrogens is 1. The van der Waals surface area contributed by atoms with Gasteiger partial charge < -0.3 is 19.1 Å². The first-order chi connectivity index (χ1) is 10.1. The van der Waals surface area contributed by atoms with Crippen LogP contribution in [0.25, 0.3) is 11.3 Å². The van der Waals surface area contributed by atoms with Crippen molar-refractivity contribution in [3.05, 3.63) is 39.4 Å². The third-order valence-electron chi connectivity index (χ3n) is 3.04. The topological polar surface area (TPSA) is 76.5 Å². The van der Waals surface area contributed by atoms with E-state index in [0.717, 1.165) is 5.56 Å². The minimum Gasteiger partial charge on any atom is -0.493 e. The summed E-state index contributed by atoms with van der Waals surface area (Å²) in [7, 11) is 3.09. The number of nitrogens with one attached hydrogen (secondary N) is 1. The van der Waals surface area contributed by atoms with Gasteiger partial charge in [-0.3, -0.25) is 9.78 Å². The van der Waals surface area contributed by atoms with Crippen LogP contribution in [0, 0.1) is 4.77 Å². The monoisotopic (exact) mass is 308 g/mol. The van der Waals surface area contributed by atoms with Crippen LogP contribution in [0.15, 0.2) is 29.1 Å². The van der Waals surface area contributed by atoms with E-state index in [4.69, 9.17) is 26.8 Å². The maximum Gasteiger partial charge on any atom is 0.252 e. The highest BCUT2D eigenvalue weighted by atomic mass is 32.1. The molecule has 112 valence electrons. The number of aliphatic hydroxyl groups is 1. The summed E-state index contributed by atoms with van der Waals surface area (Å²) in [5.41, 5.74) is 1.07. The Labute approximate surface area is 126 Å². The van der Waals surface area contributed by atoms with Gasteiger partial charge in [-0.25, -0.2) is 0 Å². The highest BCUT2D eigenvalue weighted by Gasteiger charge is 2.10. The fraction of sp³-hybridized carbons (Fsp3) is 0.286. The Hall–Kier alpha value is -2.12. The van der Waals surface area contributed by atoms with Crippen LogP contribution >= 0.6 is 12.2 Å². The molecule has 0 saturated heterocycles. The molecule has 2 aromatic rings. The smallest absolute Gasteiger partial charge is 0.252 e. The van der Waals surface area contributed by atoms with Gasteiger partial charge >= 0.3 is 0 Å². The molecule has 0 aliphatic carbocycles. The fourth-order valence-corrected chi connectivity index (χ4v) is 2.37. The molecule has 0 unspecified atom stereocenters. The summed E-state index contributed by atoms with van der Waals surface area (Å²) in [5, 5.41) is 9.16. The Balaban J connectivity index is 2.66. The SMILES string of the molecule is COc1ccc(-c2cc(=O)[nH]c(=S)n2CCO)cc1OC. The predicted octanol–water partition coefficient (Wildman–Crippen LogP) is 1.58. The number of methoxy groups -OCH3 is 2. The van der Waals surface area contributed by atoms with Crippen LogP contribution in [0.2, 0.25) is 0 Å². The van der Waals surface area contributed by atoms with Crippen LogP contribution in [0.1, 0.15) is 0 Å². The number of hydrogen-bond acceptors (Lipinski definition) is 5. The average molecular weight is 308 g/mol. The van der Waals surface area contributed by atoms with Gasteiger partial charge in [0.25, 0.3) is 5.56 Å². The van der Waals surface area contributed by atoms with Gasteiger partial charge in [-0.15, -0.1) is 0 Å². The van der Waals surface area contributed by atoms with Gasteiger partial charge in [0.1, 0.15) is 0 Å². The second-order valence-electron chi connectivity index (χ2n) is 4.27. The second kappa shape index (κ2) is 6.55. The normalized spacial score (nSPS) is 10.4. The van der Waals surface area contributed by atoms with Crippen LogP contribution in [0.4, 0.5) is 0 Å². The fourth-order valence-electron chi connectivity index (χ4n) is 2.08. The van der Waals surface area contributed by atoms with Gasteiger partial charge in [0.05, 0.1) is 26.5 Å². The molecule has 7 heteroatoms. The lowest BCUT2D eigenvalue weighted by Crippen LogP contribution is -2.16. The number of hydrogen-bond donors (Lipinski definition) is 2. The van der Waals surface area contributed by atoms with E-state index < -0.39 is 0 Å². The van der Waals surface area contributed by atoms with Crippen molar-refractivity contribution in [3.63, 3.8) is 0 Å². The van der Waals surface area contributed by atoms with Crippen molar-refractivity contribution in [2.75, 3.05) is 20.8 Å². The molecule has 1 aromatic carbocycles. The third-order valence-corrected chi connectivity index (χ3v) is 3.36. The molecule has 2 N–H and O–H groups in total. The lowest BCUT2D eigenvalue weighted by Gasteiger charge is -2.14. The molecular formula is C14H16N2O4S. The zero-order chi connectivity index (χ0) is 15.4. The van der Waals surface area contributed by atoms with Crippen LogP contribution in [0.5, 0.6) is 11.5 Å². The molecule has 1 aromatic heterocycles. The molecule has 0 spiro atoms. The molecule has 0 fully saturated rings. The molecule has 21 heavy (non-hydrogen) atoms. The van der Waals surface area contributed by atoms with Gasteiger partial charge in [0, 0.05) is 18.2 Å². The number of aliphatic hydroxyl groups excluding tert-OH is 1. The maximum atomic E-state index is 11.7. The van der Waals surface area contributed by atoms with Crippen LogP contribution < -0.4 is 15.0 Å². The van der Waals surface area contributed by atoms with Gasteiger partial charge in [0.2, 0.25) is 0 Å². The first-order valence-corrected chi connectivity index (χ1v) is 6.69. The van der Waals surface area contributed by atoms with E-state index in [0.29, 0.717) is 23.7 Å². The summed E-state index contributed by atoms with van der Waals surface area (Å²) in [5.74, 6) is 1.15. The van der Waals surface area contributed by atoms with Crippen molar-refractivity contribution in [3.8, 4) is 22.8 Å². The zero-order valence-electron chi connectivity index (χ0n) is 11.8. The Bertz CT molecular complexity index is 751. The highest BCUT2D eigenvalue weighted by Crippen LogP contribution is 2.31. The van der Waals surface area contributed by atoms with Gasteiger partial charge in [-0.2, -0.15) is 0 Å². The Morgan fingerprint density at radius 1 is 1.24 bits per heavy atom. The Morgan fingerprint density at radius 3 is 2.57 bits per heavy atom. The lowest BCUT2D eigenvalue weighted by atomic mass is 10.1. The molecule has 0 aliphatic rings. The number of aromatic nitrogens is 2. The maximum absolute atomic E-state index is 11.7. The average Bonchev–Trinajstić information content (AvgIpc) is 2.49. The van der Waals surface area contributed by atoms with E-state index in [1.165, 1.54) is 6.07 Å². The number of rotatable bonds is 5. The van der Waals surface area contributed by atoms with E-state index in [1.807, 2.05) is 0 Å². The summed E-state index contributed by atoms with van der Waals surface area (Å²) in [6.45, 7) is 0.208. The molecule has 0 amide bonds. The largest absolute Gasteiger partial charge is 0.493 e. The molecule has 6 nitrogen and oxygen atoms in total. The summed E-state index contributed by atoms with van der Waals surface area (Å²) < 4.78 is 12.4. The lowest BCUT2D eigenvalue weighted by molar-refractivity contribution is 0.275. The minimum atomic E-state index is -0.293. The van der Waals surface area contributed by atoms with Crippen molar-refractivity contribution in [1.29, 1.82) is 0 Å². The summed E-state index contributed by atoms with van der Waals surface area (Å²) in [4.78, 5) is 14.2.